The summed E-state index contributed by atoms with van der Waals surface area (Å²) in [5.41, 5.74) is 4.34. The van der Waals surface area contributed by atoms with Crippen LogP contribution in [0, 0.1) is 19.8 Å². The van der Waals surface area contributed by atoms with Gasteiger partial charge in [0.25, 0.3) is 0 Å². The molecule has 0 radical (unpaired) electrons. The van der Waals surface area contributed by atoms with Gasteiger partial charge in [0, 0.05) is 50.7 Å². The molecule has 31 heavy (non-hydrogen) atoms. The lowest BCUT2D eigenvalue weighted by Crippen LogP contribution is -2.51. The lowest BCUT2D eigenvalue weighted by atomic mass is 10.1. The molecule has 1 aromatic carbocycles. The number of aryl methyl sites for hydroxylation is 2. The summed E-state index contributed by atoms with van der Waals surface area (Å²) in [5.74, 6) is 1.35. The van der Waals surface area contributed by atoms with E-state index in [4.69, 9.17) is 0 Å². The molecule has 2 aliphatic heterocycles. The molecule has 0 bridgehead atoms. The lowest BCUT2D eigenvalue weighted by molar-refractivity contribution is -0.136. The van der Waals surface area contributed by atoms with Crippen molar-refractivity contribution in [3.63, 3.8) is 0 Å². The molecule has 3 fully saturated rings. The Morgan fingerprint density at radius 3 is 2.39 bits per heavy atom. The van der Waals surface area contributed by atoms with Gasteiger partial charge >= 0.3 is 0 Å². The number of rotatable bonds is 4. The summed E-state index contributed by atoms with van der Waals surface area (Å²) in [4.78, 5) is 31.6. The minimum absolute atomic E-state index is 0.0336. The van der Waals surface area contributed by atoms with E-state index >= 15 is 0 Å². The first-order valence-corrected chi connectivity index (χ1v) is 11.2. The maximum Gasteiger partial charge on any atom is 0.228 e. The summed E-state index contributed by atoms with van der Waals surface area (Å²) in [6.07, 6.45) is 2.74. The van der Waals surface area contributed by atoms with E-state index in [0.717, 1.165) is 35.9 Å². The van der Waals surface area contributed by atoms with Crippen LogP contribution < -0.4 is 9.80 Å². The summed E-state index contributed by atoms with van der Waals surface area (Å²) >= 11 is 0. The molecule has 5 rings (SSSR count). The zero-order chi connectivity index (χ0) is 21.5. The van der Waals surface area contributed by atoms with Crippen LogP contribution in [0.25, 0.3) is 0 Å². The molecule has 7 nitrogen and oxygen atoms in total. The van der Waals surface area contributed by atoms with Crippen molar-refractivity contribution < 1.29 is 9.59 Å². The van der Waals surface area contributed by atoms with Crippen molar-refractivity contribution in [3.8, 4) is 0 Å². The quantitative estimate of drug-likeness (QED) is 0.762. The van der Waals surface area contributed by atoms with Gasteiger partial charge in [-0.05, 0) is 62.1 Å². The van der Waals surface area contributed by atoms with Crippen LogP contribution in [-0.2, 0) is 9.59 Å². The number of benzene rings is 1. The van der Waals surface area contributed by atoms with E-state index in [9.17, 15) is 9.59 Å². The second kappa shape index (κ2) is 7.94. The second-order valence-electron chi connectivity index (χ2n) is 9.08. The molecule has 3 heterocycles. The topological polar surface area (TPSA) is 69.6 Å². The Hall–Kier alpha value is -2.96. The smallest absolute Gasteiger partial charge is 0.228 e. The molecule has 162 valence electrons. The van der Waals surface area contributed by atoms with Gasteiger partial charge in [0.05, 0.1) is 11.6 Å². The predicted molar refractivity (Wildman–Crippen MR) is 119 cm³/mol. The van der Waals surface area contributed by atoms with Crippen LogP contribution in [-0.4, -0.2) is 59.6 Å². The predicted octanol–water partition coefficient (Wildman–Crippen LogP) is 2.67. The van der Waals surface area contributed by atoms with E-state index in [1.54, 1.807) is 4.90 Å². The Labute approximate surface area is 183 Å². The molecular weight excluding hydrogens is 390 g/mol. The molecule has 2 saturated heterocycles. The summed E-state index contributed by atoms with van der Waals surface area (Å²) in [5, 5.41) is 8.77. The Balaban J connectivity index is 1.18. The summed E-state index contributed by atoms with van der Waals surface area (Å²) in [6, 6.07) is 10.2. The van der Waals surface area contributed by atoms with Gasteiger partial charge < -0.3 is 14.7 Å². The Kier molecular flexibility index (Phi) is 5.12. The molecule has 1 saturated carbocycles. The van der Waals surface area contributed by atoms with Gasteiger partial charge in [0.1, 0.15) is 0 Å². The van der Waals surface area contributed by atoms with E-state index in [0.29, 0.717) is 32.0 Å². The Bertz CT molecular complexity index is 994. The van der Waals surface area contributed by atoms with Gasteiger partial charge in [-0.15, -0.1) is 5.10 Å². The molecule has 2 aromatic rings. The van der Waals surface area contributed by atoms with Crippen molar-refractivity contribution in [2.45, 2.75) is 39.0 Å². The zero-order valence-electron chi connectivity index (χ0n) is 18.3. The molecule has 2 amide bonds. The highest BCUT2D eigenvalue weighted by Crippen LogP contribution is 2.38. The molecule has 1 atom stereocenters. The minimum Gasteiger partial charge on any atom is -0.352 e. The van der Waals surface area contributed by atoms with Gasteiger partial charge in [-0.25, -0.2) is 0 Å². The summed E-state index contributed by atoms with van der Waals surface area (Å²) in [6.45, 7) is 7.36. The van der Waals surface area contributed by atoms with Gasteiger partial charge in [0.15, 0.2) is 5.82 Å². The van der Waals surface area contributed by atoms with Gasteiger partial charge in [-0.3, -0.25) is 9.59 Å². The normalized spacial score (nSPS) is 21.7. The molecule has 1 aromatic heterocycles. The average molecular weight is 420 g/mol. The monoisotopic (exact) mass is 419 g/mol. The van der Waals surface area contributed by atoms with Crippen molar-refractivity contribution in [2.24, 2.45) is 5.92 Å². The van der Waals surface area contributed by atoms with Gasteiger partial charge in [0.2, 0.25) is 11.8 Å². The van der Waals surface area contributed by atoms with E-state index in [1.165, 1.54) is 18.4 Å². The van der Waals surface area contributed by atoms with Crippen molar-refractivity contribution in [2.75, 3.05) is 42.5 Å². The number of anilines is 2. The number of amides is 2. The van der Waals surface area contributed by atoms with Gasteiger partial charge in [-0.1, -0.05) is 6.07 Å². The standard InChI is InChI=1S/C24H29N5O2/c1-16-3-6-20(13-17(16)2)29-15-19(14-23(29)30)24(31)28-11-9-27(10-12-28)22-8-7-21(25-26-22)18-4-5-18/h3,6-8,13,18-19H,4-5,9-12,14-15H2,1-2H3/t19-/m1/s1. The molecule has 0 spiro atoms. The molecule has 7 heteroatoms. The van der Waals surface area contributed by atoms with Gasteiger partial charge in [-0.2, -0.15) is 5.10 Å². The van der Waals surface area contributed by atoms with E-state index < -0.39 is 0 Å². The zero-order valence-corrected chi connectivity index (χ0v) is 18.3. The van der Waals surface area contributed by atoms with Crippen molar-refractivity contribution >= 4 is 23.3 Å². The van der Waals surface area contributed by atoms with Crippen LogP contribution in [0.2, 0.25) is 0 Å². The maximum absolute atomic E-state index is 13.1. The SMILES string of the molecule is Cc1ccc(N2C[C@H](C(=O)N3CCN(c4ccc(C5CC5)nn4)CC3)CC2=O)cc1C. The first-order valence-electron chi connectivity index (χ1n) is 11.2. The van der Waals surface area contributed by atoms with Crippen LogP contribution in [0.4, 0.5) is 11.5 Å². The van der Waals surface area contributed by atoms with Crippen LogP contribution in [0.5, 0.6) is 0 Å². The molecule has 0 N–H and O–H groups in total. The number of aromatic nitrogens is 2. The fourth-order valence-electron chi connectivity index (χ4n) is 4.53. The van der Waals surface area contributed by atoms with E-state index in [-0.39, 0.29) is 17.7 Å². The first kappa shape index (κ1) is 20.0. The lowest BCUT2D eigenvalue weighted by Gasteiger charge is -2.36. The van der Waals surface area contributed by atoms with Crippen molar-refractivity contribution in [1.82, 2.24) is 15.1 Å². The van der Waals surface area contributed by atoms with E-state index in [2.05, 4.69) is 34.2 Å². The van der Waals surface area contributed by atoms with Crippen molar-refractivity contribution in [3.05, 3.63) is 47.2 Å². The third-order valence-electron chi connectivity index (χ3n) is 6.86. The molecule has 3 aliphatic rings. The number of nitrogens with zero attached hydrogens (tertiary/aromatic N) is 5. The fraction of sp³-hybridized carbons (Fsp3) is 0.500. The summed E-state index contributed by atoms with van der Waals surface area (Å²) in [7, 11) is 0. The second-order valence-corrected chi connectivity index (χ2v) is 9.08. The number of carbonyl (C=O) groups is 2. The molecule has 0 unspecified atom stereocenters. The number of carbonyl (C=O) groups excluding carboxylic acids is 2. The number of hydrogen-bond acceptors (Lipinski definition) is 5. The highest BCUT2D eigenvalue weighted by molar-refractivity contribution is 6.00. The largest absolute Gasteiger partial charge is 0.352 e. The third-order valence-corrected chi connectivity index (χ3v) is 6.86. The molecular formula is C24H29N5O2. The maximum atomic E-state index is 13.1. The Morgan fingerprint density at radius 1 is 0.968 bits per heavy atom. The highest BCUT2D eigenvalue weighted by atomic mass is 16.2. The minimum atomic E-state index is -0.265. The average Bonchev–Trinajstić information content (AvgIpc) is 3.57. The van der Waals surface area contributed by atoms with Crippen molar-refractivity contribution in [1.29, 1.82) is 0 Å². The number of hydrogen-bond donors (Lipinski definition) is 0. The number of piperazine rings is 1. The fourth-order valence-corrected chi connectivity index (χ4v) is 4.53. The van der Waals surface area contributed by atoms with E-state index in [1.807, 2.05) is 30.0 Å². The highest BCUT2D eigenvalue weighted by Gasteiger charge is 2.38. The van der Waals surface area contributed by atoms with Crippen LogP contribution in [0.3, 0.4) is 0 Å². The molecule has 1 aliphatic carbocycles. The first-order chi connectivity index (χ1) is 15.0. The van der Waals surface area contributed by atoms with Crippen LogP contribution >= 0.6 is 0 Å². The summed E-state index contributed by atoms with van der Waals surface area (Å²) < 4.78 is 0. The van der Waals surface area contributed by atoms with Crippen LogP contribution in [0.15, 0.2) is 30.3 Å². The van der Waals surface area contributed by atoms with Crippen LogP contribution in [0.1, 0.15) is 42.0 Å². The Morgan fingerprint density at radius 2 is 1.74 bits per heavy atom. The third kappa shape index (κ3) is 4.01.